The van der Waals surface area contributed by atoms with Gasteiger partial charge in [-0.25, -0.2) is 0 Å². The van der Waals surface area contributed by atoms with E-state index in [9.17, 15) is 14.7 Å². The van der Waals surface area contributed by atoms with Gasteiger partial charge >= 0.3 is 5.97 Å². The first-order valence-electron chi connectivity index (χ1n) is 6.30. The van der Waals surface area contributed by atoms with Crippen molar-refractivity contribution in [3.63, 3.8) is 0 Å². The molecule has 1 amide bonds. The van der Waals surface area contributed by atoms with E-state index >= 15 is 0 Å². The summed E-state index contributed by atoms with van der Waals surface area (Å²) in [5.74, 6) is -0.795. The molecule has 18 heavy (non-hydrogen) atoms. The summed E-state index contributed by atoms with van der Waals surface area (Å²) in [7, 11) is 0. The van der Waals surface area contributed by atoms with Gasteiger partial charge in [0.1, 0.15) is 0 Å². The average molecular weight is 245 g/mol. The number of rotatable bonds is 3. The summed E-state index contributed by atoms with van der Waals surface area (Å²) in [4.78, 5) is 22.6. The first-order chi connectivity index (χ1) is 8.65. The van der Waals surface area contributed by atoms with Gasteiger partial charge in [0.05, 0.1) is 5.92 Å². The zero-order chi connectivity index (χ0) is 12.7. The van der Waals surface area contributed by atoms with Crippen molar-refractivity contribution in [2.75, 3.05) is 5.32 Å². The van der Waals surface area contributed by atoms with Gasteiger partial charge in [-0.3, -0.25) is 9.59 Å². The molecule has 0 radical (unpaired) electrons. The van der Waals surface area contributed by atoms with E-state index in [1.165, 1.54) is 0 Å². The number of hydrogen-bond acceptors (Lipinski definition) is 2. The minimum Gasteiger partial charge on any atom is -0.481 e. The standard InChI is InChI=1S/C14H15NO3/c16-12-6-4-9-7-10(3-5-11(9)15-12)13(14(17)18)8-1-2-8/h3,5,7-8,13H,1-2,4,6H2,(H,15,16)(H,17,18). The molecule has 4 nitrogen and oxygen atoms in total. The SMILES string of the molecule is O=C1CCc2cc(C(C(=O)O)C3CC3)ccc2N1. The van der Waals surface area contributed by atoms with Crippen LogP contribution < -0.4 is 5.32 Å². The quantitative estimate of drug-likeness (QED) is 0.857. The summed E-state index contributed by atoms with van der Waals surface area (Å²) in [6.07, 6.45) is 3.19. The maximum atomic E-state index is 11.3. The van der Waals surface area contributed by atoms with Crippen molar-refractivity contribution < 1.29 is 14.7 Å². The van der Waals surface area contributed by atoms with Crippen molar-refractivity contribution >= 4 is 17.6 Å². The third kappa shape index (κ3) is 1.98. The van der Waals surface area contributed by atoms with Gasteiger partial charge in [0.2, 0.25) is 5.91 Å². The maximum Gasteiger partial charge on any atom is 0.311 e. The van der Waals surface area contributed by atoms with E-state index in [1.807, 2.05) is 18.2 Å². The average Bonchev–Trinajstić information content (AvgIpc) is 3.13. The van der Waals surface area contributed by atoms with Crippen LogP contribution in [-0.4, -0.2) is 17.0 Å². The molecule has 1 unspecified atom stereocenters. The van der Waals surface area contributed by atoms with Crippen LogP contribution in [0.2, 0.25) is 0 Å². The van der Waals surface area contributed by atoms with Crippen LogP contribution in [0.15, 0.2) is 18.2 Å². The van der Waals surface area contributed by atoms with E-state index < -0.39 is 5.97 Å². The Morgan fingerprint density at radius 2 is 2.11 bits per heavy atom. The molecule has 0 saturated heterocycles. The Labute approximate surface area is 105 Å². The number of carbonyl (C=O) groups is 2. The van der Waals surface area contributed by atoms with Gasteiger partial charge in [-0.1, -0.05) is 12.1 Å². The number of fused-ring (bicyclic) bond motifs is 1. The van der Waals surface area contributed by atoms with Gasteiger partial charge in [-0.15, -0.1) is 0 Å². The molecule has 1 aromatic carbocycles. The third-order valence-corrected chi connectivity index (χ3v) is 3.74. The van der Waals surface area contributed by atoms with Crippen LogP contribution >= 0.6 is 0 Å². The number of nitrogens with one attached hydrogen (secondary N) is 1. The predicted molar refractivity (Wildman–Crippen MR) is 66.5 cm³/mol. The van der Waals surface area contributed by atoms with Gasteiger partial charge < -0.3 is 10.4 Å². The summed E-state index contributed by atoms with van der Waals surface area (Å²) >= 11 is 0. The van der Waals surface area contributed by atoms with Crippen molar-refractivity contribution in [3.05, 3.63) is 29.3 Å². The molecule has 4 heteroatoms. The molecule has 0 bridgehead atoms. The maximum absolute atomic E-state index is 11.3. The topological polar surface area (TPSA) is 66.4 Å². The Hall–Kier alpha value is -1.84. The highest BCUT2D eigenvalue weighted by Crippen LogP contribution is 2.43. The molecular weight excluding hydrogens is 230 g/mol. The second kappa shape index (κ2) is 4.12. The zero-order valence-corrected chi connectivity index (χ0v) is 9.98. The highest BCUT2D eigenvalue weighted by molar-refractivity contribution is 5.94. The molecule has 2 aliphatic rings. The molecule has 3 rings (SSSR count). The Morgan fingerprint density at radius 3 is 2.78 bits per heavy atom. The Kier molecular flexibility index (Phi) is 2.58. The van der Waals surface area contributed by atoms with Crippen molar-refractivity contribution in [1.29, 1.82) is 0 Å². The summed E-state index contributed by atoms with van der Waals surface area (Å²) in [5, 5.41) is 12.1. The van der Waals surface area contributed by atoms with E-state index in [2.05, 4.69) is 5.32 Å². The molecule has 0 aromatic heterocycles. The summed E-state index contributed by atoms with van der Waals surface area (Å²) in [6, 6.07) is 5.62. The van der Waals surface area contributed by atoms with Gasteiger partial charge in [-0.2, -0.15) is 0 Å². The van der Waals surface area contributed by atoms with Crippen LogP contribution in [0.5, 0.6) is 0 Å². The number of aryl methyl sites for hydroxylation is 1. The molecule has 0 spiro atoms. The summed E-state index contributed by atoms with van der Waals surface area (Å²) in [6.45, 7) is 0. The molecule has 2 N–H and O–H groups in total. The van der Waals surface area contributed by atoms with Crippen molar-refractivity contribution in [3.8, 4) is 0 Å². The van der Waals surface area contributed by atoms with Gasteiger partial charge in [-0.05, 0) is 42.4 Å². The van der Waals surface area contributed by atoms with E-state index in [1.54, 1.807) is 0 Å². The zero-order valence-electron chi connectivity index (χ0n) is 9.98. The number of amides is 1. The number of anilines is 1. The van der Waals surface area contributed by atoms with E-state index in [4.69, 9.17) is 0 Å². The van der Waals surface area contributed by atoms with Crippen LogP contribution in [0.4, 0.5) is 5.69 Å². The highest BCUT2D eigenvalue weighted by atomic mass is 16.4. The largest absolute Gasteiger partial charge is 0.481 e. The van der Waals surface area contributed by atoms with Crippen molar-refractivity contribution in [1.82, 2.24) is 0 Å². The van der Waals surface area contributed by atoms with E-state index in [0.717, 1.165) is 29.7 Å². The molecule has 1 aromatic rings. The summed E-state index contributed by atoms with van der Waals surface area (Å²) in [5.41, 5.74) is 2.76. The first kappa shape index (κ1) is 11.3. The van der Waals surface area contributed by atoms with Crippen LogP contribution in [0.25, 0.3) is 0 Å². The van der Waals surface area contributed by atoms with Gasteiger partial charge in [0.25, 0.3) is 0 Å². The minimum atomic E-state index is -0.739. The lowest BCUT2D eigenvalue weighted by Crippen LogP contribution is -2.20. The number of aliphatic carboxylic acids is 1. The fourth-order valence-corrected chi connectivity index (χ4v) is 2.64. The number of carboxylic acids is 1. The van der Waals surface area contributed by atoms with E-state index in [0.29, 0.717) is 18.8 Å². The Bertz CT molecular complexity index is 520. The van der Waals surface area contributed by atoms with Crippen LogP contribution in [0, 0.1) is 5.92 Å². The molecule has 1 aliphatic carbocycles. The van der Waals surface area contributed by atoms with Crippen LogP contribution in [0.3, 0.4) is 0 Å². The molecule has 1 fully saturated rings. The van der Waals surface area contributed by atoms with Gasteiger partial charge in [0, 0.05) is 12.1 Å². The van der Waals surface area contributed by atoms with Gasteiger partial charge in [0.15, 0.2) is 0 Å². The Morgan fingerprint density at radius 1 is 1.33 bits per heavy atom. The molecule has 1 atom stereocenters. The van der Waals surface area contributed by atoms with Crippen molar-refractivity contribution in [2.45, 2.75) is 31.6 Å². The van der Waals surface area contributed by atoms with Crippen molar-refractivity contribution in [2.24, 2.45) is 5.92 Å². The van der Waals surface area contributed by atoms with E-state index in [-0.39, 0.29) is 11.8 Å². The monoisotopic (exact) mass is 245 g/mol. The predicted octanol–water partition coefficient (Wildman–Crippen LogP) is 2.15. The minimum absolute atomic E-state index is 0.0345. The lowest BCUT2D eigenvalue weighted by molar-refractivity contribution is -0.139. The number of hydrogen-bond donors (Lipinski definition) is 2. The third-order valence-electron chi connectivity index (χ3n) is 3.74. The number of carbonyl (C=O) groups excluding carboxylic acids is 1. The fraction of sp³-hybridized carbons (Fsp3) is 0.429. The Balaban J connectivity index is 1.93. The first-order valence-corrected chi connectivity index (χ1v) is 6.30. The lowest BCUT2D eigenvalue weighted by atomic mass is 9.90. The molecular formula is C14H15NO3. The normalized spacial score (nSPS) is 19.9. The smallest absolute Gasteiger partial charge is 0.311 e. The second-order valence-electron chi connectivity index (χ2n) is 5.12. The number of carboxylic acid groups (broad SMARTS) is 1. The molecule has 1 aliphatic heterocycles. The molecule has 94 valence electrons. The fourth-order valence-electron chi connectivity index (χ4n) is 2.64. The van der Waals surface area contributed by atoms with Crippen LogP contribution in [0.1, 0.15) is 36.3 Å². The number of benzene rings is 1. The molecule has 1 heterocycles. The summed E-state index contributed by atoms with van der Waals surface area (Å²) < 4.78 is 0. The lowest BCUT2D eigenvalue weighted by Gasteiger charge is -2.19. The highest BCUT2D eigenvalue weighted by Gasteiger charge is 2.37. The second-order valence-corrected chi connectivity index (χ2v) is 5.12. The van der Waals surface area contributed by atoms with Crippen LogP contribution in [-0.2, 0) is 16.0 Å². The molecule has 1 saturated carbocycles.